The van der Waals surface area contributed by atoms with E-state index in [2.05, 4.69) is 21.2 Å². The van der Waals surface area contributed by atoms with Crippen molar-refractivity contribution in [3.05, 3.63) is 64.4 Å². The van der Waals surface area contributed by atoms with Gasteiger partial charge in [-0.3, -0.25) is 4.79 Å². The van der Waals surface area contributed by atoms with Crippen LogP contribution in [-0.2, 0) is 10.3 Å². The number of hydrogen-bond donors (Lipinski definition) is 2. The molecule has 2 aromatic rings. The summed E-state index contributed by atoms with van der Waals surface area (Å²) in [7, 11) is 0. The van der Waals surface area contributed by atoms with Crippen LogP contribution in [0.5, 0.6) is 5.75 Å². The molecule has 2 aromatic carbocycles. The molecule has 2 rings (SSSR count). The van der Waals surface area contributed by atoms with E-state index in [1.54, 1.807) is 38.1 Å². The van der Waals surface area contributed by atoms with Crippen LogP contribution in [0.3, 0.4) is 0 Å². The Morgan fingerprint density at radius 1 is 1.32 bits per heavy atom. The van der Waals surface area contributed by atoms with Crippen molar-refractivity contribution in [1.29, 1.82) is 0 Å². The highest BCUT2D eigenvalue weighted by Gasteiger charge is 2.30. The molecule has 0 bridgehead atoms. The smallest absolute Gasteiger partial charge is 0.244 e. The van der Waals surface area contributed by atoms with Crippen LogP contribution in [0.15, 0.2) is 53.0 Å². The van der Waals surface area contributed by atoms with Gasteiger partial charge in [0.15, 0.2) is 0 Å². The molecule has 0 aromatic heterocycles. The molecule has 0 saturated heterocycles. The molecule has 0 saturated carbocycles. The van der Waals surface area contributed by atoms with Crippen molar-refractivity contribution in [3.63, 3.8) is 0 Å². The van der Waals surface area contributed by atoms with E-state index in [0.29, 0.717) is 11.3 Å². The van der Waals surface area contributed by atoms with Crippen LogP contribution in [0.4, 0.5) is 4.39 Å². The fourth-order valence-corrected chi connectivity index (χ4v) is 2.43. The monoisotopic (exact) mass is 430 g/mol. The number of carbonyl (C=O) groups is 1. The van der Waals surface area contributed by atoms with Gasteiger partial charge in [-0.2, -0.15) is 0 Å². The second kappa shape index (κ2) is 9.17. The molecule has 7 heteroatoms. The van der Waals surface area contributed by atoms with Crippen LogP contribution in [0, 0.1) is 5.82 Å². The van der Waals surface area contributed by atoms with Crippen molar-refractivity contribution in [3.8, 4) is 5.75 Å². The van der Waals surface area contributed by atoms with Crippen molar-refractivity contribution in [2.24, 2.45) is 5.73 Å². The first-order valence-electron chi connectivity index (χ1n) is 7.54. The third-order valence-electron chi connectivity index (χ3n) is 3.60. The molecule has 0 heterocycles. The highest BCUT2D eigenvalue weighted by molar-refractivity contribution is 9.10. The highest BCUT2D eigenvalue weighted by atomic mass is 79.9. The maximum absolute atomic E-state index is 13.1. The molecule has 4 nitrogen and oxygen atoms in total. The molecular formula is C18H21BrClFN2O2. The Labute approximate surface area is 161 Å². The van der Waals surface area contributed by atoms with Gasteiger partial charge in [0, 0.05) is 10.5 Å². The number of ether oxygens (including phenoxy) is 1. The predicted molar refractivity (Wildman–Crippen MR) is 102 cm³/mol. The van der Waals surface area contributed by atoms with E-state index in [4.69, 9.17) is 10.5 Å². The first kappa shape index (κ1) is 21.4. The minimum atomic E-state index is -1.15. The minimum Gasteiger partial charge on any atom is -0.489 e. The molecule has 1 amide bonds. The van der Waals surface area contributed by atoms with Gasteiger partial charge in [-0.05, 0) is 43.7 Å². The van der Waals surface area contributed by atoms with Gasteiger partial charge in [0.25, 0.3) is 0 Å². The second-order valence-electron chi connectivity index (χ2n) is 5.81. The molecule has 0 fully saturated rings. The van der Waals surface area contributed by atoms with Crippen molar-refractivity contribution in [2.45, 2.75) is 25.5 Å². The summed E-state index contributed by atoms with van der Waals surface area (Å²) >= 11 is 3.35. The molecule has 136 valence electrons. The average Bonchev–Trinajstić information content (AvgIpc) is 2.53. The van der Waals surface area contributed by atoms with Crippen molar-refractivity contribution < 1.29 is 13.9 Å². The zero-order valence-electron chi connectivity index (χ0n) is 14.0. The first-order valence-corrected chi connectivity index (χ1v) is 8.34. The van der Waals surface area contributed by atoms with Gasteiger partial charge >= 0.3 is 0 Å². The Hall–Kier alpha value is -1.63. The summed E-state index contributed by atoms with van der Waals surface area (Å²) in [6.45, 7) is 3.71. The molecule has 2 unspecified atom stereocenters. The van der Waals surface area contributed by atoms with E-state index in [0.717, 1.165) is 4.47 Å². The first-order chi connectivity index (χ1) is 11.3. The number of amides is 1. The van der Waals surface area contributed by atoms with Gasteiger partial charge in [0.05, 0.1) is 6.54 Å². The third-order valence-corrected chi connectivity index (χ3v) is 4.13. The normalized spacial score (nSPS) is 14.0. The van der Waals surface area contributed by atoms with Crippen LogP contribution in [0.1, 0.15) is 19.4 Å². The zero-order chi connectivity index (χ0) is 17.7. The molecule has 0 radical (unpaired) electrons. The van der Waals surface area contributed by atoms with Crippen LogP contribution in [0.25, 0.3) is 0 Å². The summed E-state index contributed by atoms with van der Waals surface area (Å²) in [6.07, 6.45) is -0.323. The Kier molecular flexibility index (Phi) is 7.86. The minimum absolute atomic E-state index is 0. The number of hydrogen-bond acceptors (Lipinski definition) is 3. The molecule has 3 N–H and O–H groups in total. The van der Waals surface area contributed by atoms with Crippen molar-refractivity contribution >= 4 is 34.2 Å². The number of carbonyl (C=O) groups excluding carboxylic acids is 1. The largest absolute Gasteiger partial charge is 0.489 e. The van der Waals surface area contributed by atoms with Gasteiger partial charge in [-0.15, -0.1) is 12.4 Å². The lowest BCUT2D eigenvalue weighted by Crippen LogP contribution is -2.50. The number of halogens is 3. The number of nitrogens with two attached hydrogens (primary N) is 1. The predicted octanol–water partition coefficient (Wildman–Crippen LogP) is 3.77. The van der Waals surface area contributed by atoms with Gasteiger partial charge in [-0.25, -0.2) is 4.39 Å². The molecule has 25 heavy (non-hydrogen) atoms. The van der Waals surface area contributed by atoms with Gasteiger partial charge in [0.2, 0.25) is 5.91 Å². The SMILES string of the molecule is CC(CNC(=O)C(C)(N)c1ccc(Br)cc1)Oc1cccc(F)c1.Cl. The molecular weight excluding hydrogens is 411 g/mol. The van der Waals surface area contributed by atoms with Gasteiger partial charge in [-0.1, -0.05) is 34.1 Å². The highest BCUT2D eigenvalue weighted by Crippen LogP contribution is 2.20. The third kappa shape index (κ3) is 5.99. The van der Waals surface area contributed by atoms with E-state index in [1.807, 2.05) is 12.1 Å². The molecule has 2 atom stereocenters. The maximum atomic E-state index is 13.1. The topological polar surface area (TPSA) is 64.4 Å². The van der Waals surface area contributed by atoms with E-state index in [9.17, 15) is 9.18 Å². The maximum Gasteiger partial charge on any atom is 0.244 e. The van der Waals surface area contributed by atoms with Gasteiger partial charge in [0.1, 0.15) is 23.2 Å². The standard InChI is InChI=1S/C18H20BrFN2O2.ClH/c1-12(24-16-5-3-4-15(20)10-16)11-22-17(23)18(2,21)13-6-8-14(19)9-7-13;/h3-10,12H,11,21H2,1-2H3,(H,22,23);1H. The summed E-state index contributed by atoms with van der Waals surface area (Å²) in [5.74, 6) is -0.256. The van der Waals surface area contributed by atoms with Crippen LogP contribution >= 0.6 is 28.3 Å². The Bertz CT molecular complexity index is 710. The lowest BCUT2D eigenvalue weighted by atomic mass is 9.92. The molecule has 0 spiro atoms. The summed E-state index contributed by atoms with van der Waals surface area (Å²) in [5.41, 5.74) is 5.73. The van der Waals surface area contributed by atoms with Crippen LogP contribution in [-0.4, -0.2) is 18.6 Å². The van der Waals surface area contributed by atoms with E-state index < -0.39 is 5.54 Å². The van der Waals surface area contributed by atoms with Crippen molar-refractivity contribution in [2.75, 3.05) is 6.54 Å². The summed E-state index contributed by atoms with van der Waals surface area (Å²) in [5, 5.41) is 2.78. The Morgan fingerprint density at radius 2 is 1.96 bits per heavy atom. The Morgan fingerprint density at radius 3 is 2.56 bits per heavy atom. The lowest BCUT2D eigenvalue weighted by molar-refractivity contribution is -0.126. The molecule has 0 aliphatic heterocycles. The summed E-state index contributed by atoms with van der Waals surface area (Å²) in [4.78, 5) is 12.4. The summed E-state index contributed by atoms with van der Waals surface area (Å²) in [6, 6.07) is 13.2. The Balaban J connectivity index is 0.00000312. The van der Waals surface area contributed by atoms with Gasteiger partial charge < -0.3 is 15.8 Å². The lowest BCUT2D eigenvalue weighted by Gasteiger charge is -2.25. The number of rotatable bonds is 6. The molecule has 0 aliphatic rings. The van der Waals surface area contributed by atoms with Crippen LogP contribution < -0.4 is 15.8 Å². The van der Waals surface area contributed by atoms with Crippen molar-refractivity contribution in [1.82, 2.24) is 5.32 Å². The molecule has 0 aliphatic carbocycles. The second-order valence-corrected chi connectivity index (χ2v) is 6.72. The number of benzene rings is 2. The fraction of sp³-hybridized carbons (Fsp3) is 0.278. The average molecular weight is 432 g/mol. The van der Waals surface area contributed by atoms with Crippen LogP contribution in [0.2, 0.25) is 0 Å². The van der Waals surface area contributed by atoms with E-state index in [1.165, 1.54) is 12.1 Å². The number of nitrogens with one attached hydrogen (secondary N) is 1. The summed E-state index contributed by atoms with van der Waals surface area (Å²) < 4.78 is 19.6. The zero-order valence-corrected chi connectivity index (χ0v) is 16.4. The quantitative estimate of drug-likeness (QED) is 0.732. The van der Waals surface area contributed by atoms with E-state index >= 15 is 0 Å². The fourth-order valence-electron chi connectivity index (χ4n) is 2.16. The van der Waals surface area contributed by atoms with E-state index in [-0.39, 0.29) is 36.8 Å².